The SMILES string of the molecule is CCCCOCC1(CBr)CCCC1. The highest BCUT2D eigenvalue weighted by Gasteiger charge is 2.32. The molecule has 0 bridgehead atoms. The van der Waals surface area contributed by atoms with E-state index in [9.17, 15) is 0 Å². The highest BCUT2D eigenvalue weighted by Crippen LogP contribution is 2.39. The molecule has 0 heterocycles. The largest absolute Gasteiger partial charge is 0.381 e. The van der Waals surface area contributed by atoms with Gasteiger partial charge in [-0.25, -0.2) is 0 Å². The van der Waals surface area contributed by atoms with Crippen molar-refractivity contribution in [3.63, 3.8) is 0 Å². The molecule has 0 aromatic carbocycles. The van der Waals surface area contributed by atoms with Crippen LogP contribution in [-0.4, -0.2) is 18.5 Å². The maximum atomic E-state index is 5.72. The molecule has 1 fully saturated rings. The van der Waals surface area contributed by atoms with E-state index in [1.807, 2.05) is 0 Å². The monoisotopic (exact) mass is 248 g/mol. The van der Waals surface area contributed by atoms with Gasteiger partial charge in [-0.05, 0) is 19.3 Å². The summed E-state index contributed by atoms with van der Waals surface area (Å²) in [6.07, 6.45) is 7.93. The third-order valence-electron chi connectivity index (χ3n) is 3.00. The number of alkyl halides is 1. The van der Waals surface area contributed by atoms with Crippen molar-refractivity contribution < 1.29 is 4.74 Å². The number of unbranched alkanes of at least 4 members (excludes halogenated alkanes) is 1. The van der Waals surface area contributed by atoms with Crippen LogP contribution in [0.4, 0.5) is 0 Å². The first-order valence-corrected chi connectivity index (χ1v) is 6.59. The van der Waals surface area contributed by atoms with E-state index in [0.717, 1.165) is 18.5 Å². The van der Waals surface area contributed by atoms with Gasteiger partial charge in [-0.1, -0.05) is 42.1 Å². The maximum absolute atomic E-state index is 5.72. The Morgan fingerprint density at radius 2 is 2.00 bits per heavy atom. The van der Waals surface area contributed by atoms with E-state index < -0.39 is 0 Å². The highest BCUT2D eigenvalue weighted by molar-refractivity contribution is 9.09. The Balaban J connectivity index is 2.16. The molecule has 1 aliphatic carbocycles. The van der Waals surface area contributed by atoms with Gasteiger partial charge in [0.2, 0.25) is 0 Å². The van der Waals surface area contributed by atoms with Crippen LogP contribution in [0.25, 0.3) is 0 Å². The molecule has 0 N–H and O–H groups in total. The molecule has 0 amide bonds. The molecule has 0 spiro atoms. The van der Waals surface area contributed by atoms with Crippen molar-refractivity contribution in [3.05, 3.63) is 0 Å². The average Bonchev–Trinajstić information content (AvgIpc) is 2.62. The molecule has 1 aliphatic rings. The molecule has 0 saturated heterocycles. The Kier molecular flexibility index (Phi) is 5.34. The molecule has 1 rings (SSSR count). The van der Waals surface area contributed by atoms with Gasteiger partial charge in [-0.2, -0.15) is 0 Å². The van der Waals surface area contributed by atoms with Crippen molar-refractivity contribution in [2.24, 2.45) is 5.41 Å². The second-order valence-electron chi connectivity index (χ2n) is 4.25. The van der Waals surface area contributed by atoms with E-state index in [0.29, 0.717) is 5.41 Å². The maximum Gasteiger partial charge on any atom is 0.0530 e. The molecule has 13 heavy (non-hydrogen) atoms. The van der Waals surface area contributed by atoms with Crippen LogP contribution >= 0.6 is 15.9 Å². The fraction of sp³-hybridized carbons (Fsp3) is 1.00. The van der Waals surface area contributed by atoms with Crippen molar-refractivity contribution in [1.82, 2.24) is 0 Å². The smallest absolute Gasteiger partial charge is 0.0530 e. The molecule has 0 unspecified atom stereocenters. The van der Waals surface area contributed by atoms with Gasteiger partial charge in [0.15, 0.2) is 0 Å². The zero-order chi connectivity index (χ0) is 9.57. The normalized spacial score (nSPS) is 20.8. The summed E-state index contributed by atoms with van der Waals surface area (Å²) in [5.74, 6) is 0. The van der Waals surface area contributed by atoms with Gasteiger partial charge >= 0.3 is 0 Å². The Bertz CT molecular complexity index is 130. The third kappa shape index (κ3) is 3.59. The minimum Gasteiger partial charge on any atom is -0.381 e. The van der Waals surface area contributed by atoms with Gasteiger partial charge < -0.3 is 4.74 Å². The van der Waals surface area contributed by atoms with Crippen molar-refractivity contribution >= 4 is 15.9 Å². The second kappa shape index (κ2) is 6.02. The van der Waals surface area contributed by atoms with Gasteiger partial charge in [-0.15, -0.1) is 0 Å². The average molecular weight is 249 g/mol. The van der Waals surface area contributed by atoms with Crippen LogP contribution in [0.5, 0.6) is 0 Å². The van der Waals surface area contributed by atoms with E-state index in [4.69, 9.17) is 4.74 Å². The summed E-state index contributed by atoms with van der Waals surface area (Å²) in [5, 5.41) is 1.12. The Labute approximate surface area is 90.4 Å². The summed E-state index contributed by atoms with van der Waals surface area (Å²) in [6, 6.07) is 0. The number of rotatable bonds is 6. The van der Waals surface area contributed by atoms with Gasteiger partial charge in [0, 0.05) is 17.4 Å². The second-order valence-corrected chi connectivity index (χ2v) is 4.81. The van der Waals surface area contributed by atoms with Gasteiger partial charge in [0.25, 0.3) is 0 Å². The van der Waals surface area contributed by atoms with E-state index in [-0.39, 0.29) is 0 Å². The quantitative estimate of drug-likeness (QED) is 0.514. The van der Waals surface area contributed by atoms with Crippen LogP contribution in [0.15, 0.2) is 0 Å². The Morgan fingerprint density at radius 1 is 1.31 bits per heavy atom. The van der Waals surface area contributed by atoms with Gasteiger partial charge in [0.05, 0.1) is 6.61 Å². The van der Waals surface area contributed by atoms with Crippen molar-refractivity contribution in [1.29, 1.82) is 0 Å². The Hall–Kier alpha value is 0.440. The van der Waals surface area contributed by atoms with Crippen LogP contribution in [0.1, 0.15) is 45.4 Å². The molecule has 1 saturated carbocycles. The first kappa shape index (κ1) is 11.5. The molecule has 0 aromatic heterocycles. The predicted molar refractivity (Wildman–Crippen MR) is 60.4 cm³/mol. The summed E-state index contributed by atoms with van der Waals surface area (Å²) in [5.41, 5.74) is 0.480. The lowest BCUT2D eigenvalue weighted by Gasteiger charge is -2.25. The molecule has 0 atom stereocenters. The standard InChI is InChI=1S/C11H21BrO/c1-2-3-8-13-10-11(9-12)6-4-5-7-11/h2-10H2,1H3. The zero-order valence-corrected chi connectivity index (χ0v) is 10.2. The van der Waals surface area contributed by atoms with Crippen LogP contribution in [0.3, 0.4) is 0 Å². The Morgan fingerprint density at radius 3 is 2.54 bits per heavy atom. The van der Waals surface area contributed by atoms with Crippen molar-refractivity contribution in [3.8, 4) is 0 Å². The van der Waals surface area contributed by atoms with Crippen LogP contribution in [-0.2, 0) is 4.74 Å². The molecule has 2 heteroatoms. The first-order chi connectivity index (χ1) is 6.33. The van der Waals surface area contributed by atoms with Crippen LogP contribution < -0.4 is 0 Å². The summed E-state index contributed by atoms with van der Waals surface area (Å²) < 4.78 is 5.72. The summed E-state index contributed by atoms with van der Waals surface area (Å²) in [7, 11) is 0. The van der Waals surface area contributed by atoms with Gasteiger partial charge in [-0.3, -0.25) is 0 Å². The fourth-order valence-corrected chi connectivity index (χ4v) is 2.70. The summed E-state index contributed by atoms with van der Waals surface area (Å²) >= 11 is 3.62. The van der Waals surface area contributed by atoms with E-state index in [2.05, 4.69) is 22.9 Å². The minimum atomic E-state index is 0.480. The molecular weight excluding hydrogens is 228 g/mol. The van der Waals surface area contributed by atoms with Crippen molar-refractivity contribution in [2.45, 2.75) is 45.4 Å². The molecule has 1 nitrogen and oxygen atoms in total. The van der Waals surface area contributed by atoms with Gasteiger partial charge in [0.1, 0.15) is 0 Å². The number of hydrogen-bond acceptors (Lipinski definition) is 1. The number of ether oxygens (including phenoxy) is 1. The fourth-order valence-electron chi connectivity index (χ4n) is 1.98. The lowest BCUT2D eigenvalue weighted by atomic mass is 9.90. The lowest BCUT2D eigenvalue weighted by molar-refractivity contribution is 0.0578. The molecule has 78 valence electrons. The predicted octanol–water partition coefficient (Wildman–Crippen LogP) is 3.76. The van der Waals surface area contributed by atoms with E-state index >= 15 is 0 Å². The molecule has 0 radical (unpaired) electrons. The highest BCUT2D eigenvalue weighted by atomic mass is 79.9. The molecule has 0 aliphatic heterocycles. The van der Waals surface area contributed by atoms with Crippen molar-refractivity contribution in [2.75, 3.05) is 18.5 Å². The van der Waals surface area contributed by atoms with E-state index in [1.54, 1.807) is 0 Å². The zero-order valence-electron chi connectivity index (χ0n) is 8.65. The van der Waals surface area contributed by atoms with Crippen LogP contribution in [0.2, 0.25) is 0 Å². The first-order valence-electron chi connectivity index (χ1n) is 5.47. The topological polar surface area (TPSA) is 9.23 Å². The van der Waals surface area contributed by atoms with Crippen LogP contribution in [0, 0.1) is 5.41 Å². The summed E-state index contributed by atoms with van der Waals surface area (Å²) in [4.78, 5) is 0. The third-order valence-corrected chi connectivity index (χ3v) is 4.19. The minimum absolute atomic E-state index is 0.480. The molecule has 0 aromatic rings. The number of hydrogen-bond donors (Lipinski definition) is 0. The lowest BCUT2D eigenvalue weighted by Crippen LogP contribution is -2.25. The summed E-state index contributed by atoms with van der Waals surface area (Å²) in [6.45, 7) is 4.13. The number of halogens is 1. The van der Waals surface area contributed by atoms with E-state index in [1.165, 1.54) is 38.5 Å². The molecular formula is C11H21BrO.